The van der Waals surface area contributed by atoms with Crippen molar-refractivity contribution in [1.82, 2.24) is 10.2 Å². The van der Waals surface area contributed by atoms with E-state index in [0.717, 1.165) is 13.1 Å². The Kier molecular flexibility index (Phi) is 3.21. The van der Waals surface area contributed by atoms with Gasteiger partial charge in [-0.25, -0.2) is 8.78 Å². The number of hydrogen-bond donors (Lipinski definition) is 1. The minimum absolute atomic E-state index is 0.190. The molecule has 1 aromatic carbocycles. The molecular formula is C12H16F2N2. The van der Waals surface area contributed by atoms with Gasteiger partial charge in [-0.2, -0.15) is 0 Å². The van der Waals surface area contributed by atoms with Crippen molar-refractivity contribution in [2.24, 2.45) is 0 Å². The Balaban J connectivity index is 2.42. The molecule has 1 aliphatic heterocycles. The lowest BCUT2D eigenvalue weighted by Gasteiger charge is -2.33. The zero-order valence-corrected chi connectivity index (χ0v) is 9.56. The van der Waals surface area contributed by atoms with E-state index < -0.39 is 11.6 Å². The van der Waals surface area contributed by atoms with Crippen molar-refractivity contribution in [2.45, 2.75) is 13.0 Å². The van der Waals surface area contributed by atoms with Gasteiger partial charge in [-0.3, -0.25) is 4.90 Å². The van der Waals surface area contributed by atoms with Crippen LogP contribution in [0, 0.1) is 18.6 Å². The Morgan fingerprint density at radius 1 is 1.38 bits per heavy atom. The molecule has 0 bridgehead atoms. The minimum atomic E-state index is -0.455. The molecule has 4 heteroatoms. The molecule has 0 spiro atoms. The molecule has 1 saturated heterocycles. The van der Waals surface area contributed by atoms with Crippen LogP contribution in [0.25, 0.3) is 0 Å². The maximum Gasteiger partial charge on any atom is 0.133 e. The average Bonchev–Trinajstić information content (AvgIpc) is 2.27. The molecule has 0 amide bonds. The fraction of sp³-hybridized carbons (Fsp3) is 0.500. The Morgan fingerprint density at radius 3 is 2.81 bits per heavy atom. The molecular weight excluding hydrogens is 210 g/mol. The number of likely N-dealkylation sites (N-methyl/N-ethyl adjacent to an activating group) is 1. The summed E-state index contributed by atoms with van der Waals surface area (Å²) >= 11 is 0. The topological polar surface area (TPSA) is 15.3 Å². The molecule has 1 heterocycles. The van der Waals surface area contributed by atoms with Gasteiger partial charge in [-0.1, -0.05) is 6.07 Å². The van der Waals surface area contributed by atoms with Gasteiger partial charge in [0.05, 0.1) is 6.04 Å². The van der Waals surface area contributed by atoms with Crippen molar-refractivity contribution in [3.63, 3.8) is 0 Å². The second-order valence-corrected chi connectivity index (χ2v) is 4.29. The zero-order chi connectivity index (χ0) is 11.7. The summed E-state index contributed by atoms with van der Waals surface area (Å²) in [5, 5.41) is 3.16. The molecule has 1 N–H and O–H groups in total. The minimum Gasteiger partial charge on any atom is -0.314 e. The number of aryl methyl sites for hydroxylation is 1. The SMILES string of the molecule is Cc1ccc(F)c(C2CNCCN2C)c1F. The highest BCUT2D eigenvalue weighted by Crippen LogP contribution is 2.27. The lowest BCUT2D eigenvalue weighted by atomic mass is 10.00. The van der Waals surface area contributed by atoms with Crippen LogP contribution in [-0.4, -0.2) is 31.6 Å². The van der Waals surface area contributed by atoms with E-state index >= 15 is 0 Å². The molecule has 1 unspecified atom stereocenters. The summed E-state index contributed by atoms with van der Waals surface area (Å²) < 4.78 is 27.6. The first kappa shape index (κ1) is 11.5. The highest BCUT2D eigenvalue weighted by molar-refractivity contribution is 5.29. The normalized spacial score (nSPS) is 22.4. The Bertz CT molecular complexity index is 393. The summed E-state index contributed by atoms with van der Waals surface area (Å²) in [6, 6.07) is 2.61. The second kappa shape index (κ2) is 4.47. The Labute approximate surface area is 94.3 Å². The maximum atomic E-state index is 13.9. The zero-order valence-electron chi connectivity index (χ0n) is 9.56. The molecule has 1 aromatic rings. The van der Waals surface area contributed by atoms with Gasteiger partial charge < -0.3 is 5.32 Å². The van der Waals surface area contributed by atoms with Crippen LogP contribution in [0.4, 0.5) is 8.78 Å². The first-order valence-electron chi connectivity index (χ1n) is 5.46. The third-order valence-corrected chi connectivity index (χ3v) is 3.16. The molecule has 16 heavy (non-hydrogen) atoms. The van der Waals surface area contributed by atoms with Gasteiger partial charge in [-0.15, -0.1) is 0 Å². The summed E-state index contributed by atoms with van der Waals surface area (Å²) in [7, 11) is 1.90. The number of piperazine rings is 1. The van der Waals surface area contributed by atoms with Crippen LogP contribution >= 0.6 is 0 Å². The van der Waals surface area contributed by atoms with E-state index in [0.29, 0.717) is 12.1 Å². The molecule has 1 aliphatic rings. The molecule has 0 saturated carbocycles. The van der Waals surface area contributed by atoms with Crippen molar-refractivity contribution in [1.29, 1.82) is 0 Å². The predicted octanol–water partition coefficient (Wildman–Crippen LogP) is 1.85. The fourth-order valence-electron chi connectivity index (χ4n) is 2.11. The molecule has 0 aromatic heterocycles. The van der Waals surface area contributed by atoms with Gasteiger partial charge >= 0.3 is 0 Å². The standard InChI is InChI=1S/C12H16F2N2/c1-8-3-4-9(13)11(12(8)14)10-7-15-5-6-16(10)2/h3-4,10,15H,5-7H2,1-2H3. The van der Waals surface area contributed by atoms with E-state index in [1.807, 2.05) is 11.9 Å². The maximum absolute atomic E-state index is 13.9. The second-order valence-electron chi connectivity index (χ2n) is 4.29. The van der Waals surface area contributed by atoms with Gasteiger partial charge in [-0.05, 0) is 25.6 Å². The van der Waals surface area contributed by atoms with Crippen LogP contribution in [0.5, 0.6) is 0 Å². The van der Waals surface area contributed by atoms with Gasteiger partial charge in [0, 0.05) is 25.2 Å². The number of nitrogens with one attached hydrogen (secondary N) is 1. The number of hydrogen-bond acceptors (Lipinski definition) is 2. The van der Waals surface area contributed by atoms with Gasteiger partial charge in [0.15, 0.2) is 0 Å². The smallest absolute Gasteiger partial charge is 0.133 e. The van der Waals surface area contributed by atoms with Gasteiger partial charge in [0.25, 0.3) is 0 Å². The van der Waals surface area contributed by atoms with Gasteiger partial charge in [0.1, 0.15) is 11.6 Å². The molecule has 2 rings (SSSR count). The van der Waals surface area contributed by atoms with Crippen LogP contribution in [0.2, 0.25) is 0 Å². The summed E-state index contributed by atoms with van der Waals surface area (Å²) in [5.41, 5.74) is 0.685. The fourth-order valence-corrected chi connectivity index (χ4v) is 2.11. The lowest BCUT2D eigenvalue weighted by molar-refractivity contribution is 0.193. The van der Waals surface area contributed by atoms with Crippen LogP contribution in [0.3, 0.4) is 0 Å². The Hall–Kier alpha value is -1.00. The molecule has 88 valence electrons. The predicted molar refractivity (Wildman–Crippen MR) is 59.3 cm³/mol. The van der Waals surface area contributed by atoms with E-state index in [1.165, 1.54) is 12.1 Å². The van der Waals surface area contributed by atoms with Crippen LogP contribution in [0.1, 0.15) is 17.2 Å². The van der Waals surface area contributed by atoms with Gasteiger partial charge in [0.2, 0.25) is 0 Å². The number of nitrogens with zero attached hydrogens (tertiary/aromatic N) is 1. The average molecular weight is 226 g/mol. The van der Waals surface area contributed by atoms with Crippen molar-refractivity contribution in [3.8, 4) is 0 Å². The third kappa shape index (κ3) is 1.95. The summed E-state index contributed by atoms with van der Waals surface area (Å²) in [6.45, 7) is 3.92. The molecule has 2 nitrogen and oxygen atoms in total. The van der Waals surface area contributed by atoms with E-state index in [4.69, 9.17) is 0 Å². The van der Waals surface area contributed by atoms with Crippen molar-refractivity contribution in [2.75, 3.05) is 26.7 Å². The van der Waals surface area contributed by atoms with Crippen molar-refractivity contribution < 1.29 is 8.78 Å². The molecule has 1 fully saturated rings. The number of halogens is 2. The van der Waals surface area contributed by atoms with Crippen molar-refractivity contribution in [3.05, 3.63) is 34.9 Å². The first-order valence-corrected chi connectivity index (χ1v) is 5.46. The Morgan fingerprint density at radius 2 is 2.12 bits per heavy atom. The van der Waals surface area contributed by atoms with E-state index in [2.05, 4.69) is 5.32 Å². The summed E-state index contributed by atoms with van der Waals surface area (Å²) in [4.78, 5) is 1.98. The summed E-state index contributed by atoms with van der Waals surface area (Å²) in [6.07, 6.45) is 0. The number of benzene rings is 1. The lowest BCUT2D eigenvalue weighted by Crippen LogP contribution is -2.44. The highest BCUT2D eigenvalue weighted by atomic mass is 19.1. The largest absolute Gasteiger partial charge is 0.314 e. The van der Waals surface area contributed by atoms with Crippen LogP contribution < -0.4 is 5.32 Å². The molecule has 1 atom stereocenters. The molecule has 0 radical (unpaired) electrons. The van der Waals surface area contributed by atoms with Crippen molar-refractivity contribution >= 4 is 0 Å². The summed E-state index contributed by atoms with van der Waals surface area (Å²) in [5.74, 6) is -0.871. The molecule has 0 aliphatic carbocycles. The quantitative estimate of drug-likeness (QED) is 0.786. The first-order chi connectivity index (χ1) is 7.61. The van der Waals surface area contributed by atoms with Crippen LogP contribution in [-0.2, 0) is 0 Å². The van der Waals surface area contributed by atoms with E-state index in [9.17, 15) is 8.78 Å². The highest BCUT2D eigenvalue weighted by Gasteiger charge is 2.26. The van der Waals surface area contributed by atoms with E-state index in [-0.39, 0.29) is 11.6 Å². The van der Waals surface area contributed by atoms with E-state index in [1.54, 1.807) is 6.92 Å². The third-order valence-electron chi connectivity index (χ3n) is 3.16. The van der Waals surface area contributed by atoms with Crippen LogP contribution in [0.15, 0.2) is 12.1 Å². The number of rotatable bonds is 1. The monoisotopic (exact) mass is 226 g/mol.